The minimum absolute atomic E-state index is 0.167. The smallest absolute Gasteiger partial charge is 0.202 e. The molecule has 8 nitrogen and oxygen atoms in total. The van der Waals surface area contributed by atoms with Crippen LogP contribution in [0.15, 0.2) is 42.9 Å². The first-order valence-electron chi connectivity index (χ1n) is 10.0. The summed E-state index contributed by atoms with van der Waals surface area (Å²) in [7, 11) is 0. The number of benzene rings is 1. The van der Waals surface area contributed by atoms with E-state index in [1.54, 1.807) is 51.3 Å². The molecule has 11 heteroatoms. The minimum atomic E-state index is 0.167. The third-order valence-corrected chi connectivity index (χ3v) is 7.10. The number of hydrogen-bond acceptors (Lipinski definition) is 7. The normalized spacial score (nSPS) is 11.8. The molecule has 1 aromatic carbocycles. The van der Waals surface area contributed by atoms with Crippen LogP contribution in [0.1, 0.15) is 11.3 Å². The first kappa shape index (κ1) is 20.3. The van der Waals surface area contributed by atoms with Gasteiger partial charge < -0.3 is 4.74 Å². The molecular formula is C22H15Cl2N7OS. The molecule has 0 atom stereocenters. The second-order valence-corrected chi connectivity index (χ2v) is 9.34. The Morgan fingerprint density at radius 2 is 1.97 bits per heavy atom. The van der Waals surface area contributed by atoms with Gasteiger partial charge >= 0.3 is 0 Å². The Morgan fingerprint density at radius 3 is 2.85 bits per heavy atom. The van der Waals surface area contributed by atoms with Gasteiger partial charge in [-0.3, -0.25) is 0 Å². The number of fused-ring (bicyclic) bond motifs is 5. The maximum absolute atomic E-state index is 6.18. The summed E-state index contributed by atoms with van der Waals surface area (Å²) in [4.78, 5) is 15.0. The van der Waals surface area contributed by atoms with Gasteiger partial charge in [-0.25, -0.2) is 24.1 Å². The van der Waals surface area contributed by atoms with E-state index >= 15 is 0 Å². The highest BCUT2D eigenvalue weighted by Crippen LogP contribution is 2.36. The van der Waals surface area contributed by atoms with Crippen LogP contribution >= 0.6 is 34.5 Å². The van der Waals surface area contributed by atoms with Crippen molar-refractivity contribution >= 4 is 60.6 Å². The van der Waals surface area contributed by atoms with E-state index in [0.717, 1.165) is 37.3 Å². The molecule has 164 valence electrons. The molecule has 0 bridgehead atoms. The molecule has 6 aromatic rings. The van der Waals surface area contributed by atoms with Crippen LogP contribution < -0.4 is 4.74 Å². The number of thiophene rings is 1. The van der Waals surface area contributed by atoms with Crippen molar-refractivity contribution in [1.82, 2.24) is 34.3 Å². The van der Waals surface area contributed by atoms with Crippen molar-refractivity contribution in [2.24, 2.45) is 0 Å². The van der Waals surface area contributed by atoms with Crippen LogP contribution in [0.3, 0.4) is 0 Å². The van der Waals surface area contributed by atoms with Crippen LogP contribution in [0.5, 0.6) is 5.75 Å². The van der Waals surface area contributed by atoms with Gasteiger partial charge in [-0.05, 0) is 43.7 Å². The van der Waals surface area contributed by atoms with Crippen molar-refractivity contribution in [2.75, 3.05) is 0 Å². The zero-order chi connectivity index (χ0) is 22.7. The Bertz CT molecular complexity index is 1690. The van der Waals surface area contributed by atoms with E-state index in [1.807, 2.05) is 13.0 Å². The number of aromatic nitrogens is 7. The van der Waals surface area contributed by atoms with E-state index < -0.39 is 0 Å². The van der Waals surface area contributed by atoms with Crippen LogP contribution in [0.2, 0.25) is 10.0 Å². The fraction of sp³-hybridized carbons (Fsp3) is 0.136. The van der Waals surface area contributed by atoms with Crippen molar-refractivity contribution in [3.63, 3.8) is 0 Å². The van der Waals surface area contributed by atoms with Gasteiger partial charge in [0.15, 0.2) is 12.4 Å². The fourth-order valence-electron chi connectivity index (χ4n) is 3.76. The molecule has 0 aliphatic rings. The summed E-state index contributed by atoms with van der Waals surface area (Å²) < 4.78 is 10.0. The molecule has 5 heterocycles. The number of ether oxygens (including phenoxy) is 1. The maximum atomic E-state index is 6.18. The molecule has 33 heavy (non-hydrogen) atoms. The zero-order valence-corrected chi connectivity index (χ0v) is 19.8. The predicted octanol–water partition coefficient (Wildman–Crippen LogP) is 5.71. The van der Waals surface area contributed by atoms with Crippen molar-refractivity contribution in [3.05, 3.63) is 64.2 Å². The summed E-state index contributed by atoms with van der Waals surface area (Å²) in [5, 5.41) is 11.0. The van der Waals surface area contributed by atoms with Gasteiger partial charge in [0, 0.05) is 17.3 Å². The second kappa shape index (κ2) is 7.65. The van der Waals surface area contributed by atoms with Gasteiger partial charge in [0.2, 0.25) is 5.82 Å². The van der Waals surface area contributed by atoms with E-state index in [9.17, 15) is 0 Å². The maximum Gasteiger partial charge on any atom is 0.202 e. The largest absolute Gasteiger partial charge is 0.470 e. The Kier molecular flexibility index (Phi) is 4.72. The van der Waals surface area contributed by atoms with Gasteiger partial charge in [-0.15, -0.1) is 16.4 Å². The molecule has 0 aliphatic heterocycles. The van der Waals surface area contributed by atoms with E-state index in [4.69, 9.17) is 32.9 Å². The lowest BCUT2D eigenvalue weighted by molar-refractivity contribution is 0.221. The fourth-order valence-corrected chi connectivity index (χ4v) is 5.33. The van der Waals surface area contributed by atoms with Gasteiger partial charge in [0.1, 0.15) is 32.3 Å². The molecule has 0 saturated heterocycles. The van der Waals surface area contributed by atoms with Crippen LogP contribution in [0.4, 0.5) is 0 Å². The van der Waals surface area contributed by atoms with Crippen molar-refractivity contribution in [1.29, 1.82) is 0 Å². The third-order valence-electron chi connectivity index (χ3n) is 5.23. The summed E-state index contributed by atoms with van der Waals surface area (Å²) in [5.74, 6) is 0.992. The highest BCUT2D eigenvalue weighted by molar-refractivity contribution is 7.26. The first-order chi connectivity index (χ1) is 16.0. The Morgan fingerprint density at radius 1 is 1.09 bits per heavy atom. The van der Waals surface area contributed by atoms with Gasteiger partial charge in [-0.1, -0.05) is 29.3 Å². The van der Waals surface area contributed by atoms with Gasteiger partial charge in [0.25, 0.3) is 0 Å². The van der Waals surface area contributed by atoms with Crippen LogP contribution in [0, 0.1) is 13.8 Å². The summed E-state index contributed by atoms with van der Waals surface area (Å²) in [6.07, 6.45) is 3.48. The SMILES string of the molecule is Cc1cc(C)c2c(n1)sc1c2ncn2nc(-c3ccn(COc4cccc(Cl)c4Cl)n3)nc12. The van der Waals surface area contributed by atoms with Gasteiger partial charge in [-0.2, -0.15) is 5.10 Å². The minimum Gasteiger partial charge on any atom is -0.470 e. The molecule has 0 radical (unpaired) electrons. The molecular weight excluding hydrogens is 481 g/mol. The van der Waals surface area contributed by atoms with Gasteiger partial charge in [0.05, 0.1) is 10.5 Å². The summed E-state index contributed by atoms with van der Waals surface area (Å²) >= 11 is 13.8. The van der Waals surface area contributed by atoms with Crippen LogP contribution in [0.25, 0.3) is 37.6 Å². The van der Waals surface area contributed by atoms with Crippen LogP contribution in [-0.2, 0) is 6.73 Å². The van der Waals surface area contributed by atoms with Crippen molar-refractivity contribution in [3.8, 4) is 17.3 Å². The third kappa shape index (κ3) is 3.40. The predicted molar refractivity (Wildman–Crippen MR) is 129 cm³/mol. The van der Waals surface area contributed by atoms with Crippen molar-refractivity contribution < 1.29 is 4.74 Å². The summed E-state index contributed by atoms with van der Waals surface area (Å²) in [6, 6.07) is 9.14. The van der Waals surface area contributed by atoms with E-state index in [1.165, 1.54) is 0 Å². The lowest BCUT2D eigenvalue weighted by atomic mass is 10.1. The number of hydrogen-bond donors (Lipinski definition) is 0. The molecule has 0 amide bonds. The zero-order valence-electron chi connectivity index (χ0n) is 17.5. The topological polar surface area (TPSA) is 83.0 Å². The number of nitrogens with zero attached hydrogens (tertiary/aromatic N) is 7. The molecule has 0 unspecified atom stereocenters. The summed E-state index contributed by atoms with van der Waals surface area (Å²) in [5.41, 5.74) is 4.38. The van der Waals surface area contributed by atoms with E-state index in [2.05, 4.69) is 33.2 Å². The molecule has 0 saturated carbocycles. The molecule has 0 fully saturated rings. The molecule has 6 rings (SSSR count). The molecule has 0 aliphatic carbocycles. The standard InChI is InChI=1S/C22H15Cl2N7OS/c1-11-8-12(2)26-22-16(11)18-19(33-22)21-27-20(29-31(21)9-25-18)14-6-7-30(28-14)10-32-15-5-3-4-13(23)17(15)24/h3-9H,10H2,1-2H3. The lowest BCUT2D eigenvalue weighted by Gasteiger charge is -2.08. The second-order valence-electron chi connectivity index (χ2n) is 7.55. The first-order valence-corrected chi connectivity index (χ1v) is 11.6. The molecule has 0 N–H and O–H groups in total. The number of rotatable bonds is 4. The van der Waals surface area contributed by atoms with E-state index in [-0.39, 0.29) is 6.73 Å². The quantitative estimate of drug-likeness (QED) is 0.311. The monoisotopic (exact) mass is 495 g/mol. The number of halogens is 2. The summed E-state index contributed by atoms with van der Waals surface area (Å²) in [6.45, 7) is 4.24. The Hall–Kier alpha value is -3.27. The van der Waals surface area contributed by atoms with E-state index in [0.29, 0.717) is 27.3 Å². The highest BCUT2D eigenvalue weighted by atomic mass is 35.5. The van der Waals surface area contributed by atoms with Crippen molar-refractivity contribution in [2.45, 2.75) is 20.6 Å². The number of aryl methyl sites for hydroxylation is 2. The lowest BCUT2D eigenvalue weighted by Crippen LogP contribution is -2.06. The Balaban J connectivity index is 1.35. The molecule has 0 spiro atoms. The highest BCUT2D eigenvalue weighted by Gasteiger charge is 2.18. The number of pyridine rings is 1. The Labute approximate surface area is 201 Å². The molecule has 5 aromatic heterocycles. The average molecular weight is 496 g/mol. The average Bonchev–Trinajstić information content (AvgIpc) is 3.50. The van der Waals surface area contributed by atoms with Crippen LogP contribution in [-0.4, -0.2) is 34.3 Å².